The summed E-state index contributed by atoms with van der Waals surface area (Å²) >= 11 is 0. The highest BCUT2D eigenvalue weighted by atomic mass is 16.5. The number of aliphatic carboxylic acids is 2. The van der Waals surface area contributed by atoms with Gasteiger partial charge >= 0.3 is 11.9 Å². The van der Waals surface area contributed by atoms with E-state index in [1.165, 1.54) is 0 Å². The number of carboxylic acid groups (broad SMARTS) is 2. The third-order valence-electron chi connectivity index (χ3n) is 5.98. The monoisotopic (exact) mass is 417 g/mol. The van der Waals surface area contributed by atoms with E-state index >= 15 is 0 Å². The molecule has 0 aromatic carbocycles. The van der Waals surface area contributed by atoms with Crippen LogP contribution in [0.15, 0.2) is 23.0 Å². The van der Waals surface area contributed by atoms with E-state index in [1.54, 1.807) is 0 Å². The summed E-state index contributed by atoms with van der Waals surface area (Å²) in [5.41, 5.74) is 0.447. The zero-order valence-electron chi connectivity index (χ0n) is 16.5. The topological polar surface area (TPSA) is 142 Å². The maximum Gasteiger partial charge on any atom is 0.414 e. The first-order valence-corrected chi connectivity index (χ1v) is 9.72. The highest BCUT2D eigenvalue weighted by molar-refractivity contribution is 6.27. The second-order valence-corrected chi connectivity index (χ2v) is 8.03. The van der Waals surface area contributed by atoms with Crippen molar-refractivity contribution >= 4 is 17.8 Å². The zero-order chi connectivity index (χ0) is 21.5. The molecule has 1 amide bonds. The highest BCUT2D eigenvalue weighted by Crippen LogP contribution is 2.40. The molecule has 160 valence electrons. The van der Waals surface area contributed by atoms with Gasteiger partial charge in [0.1, 0.15) is 11.6 Å². The van der Waals surface area contributed by atoms with Crippen LogP contribution in [0.5, 0.6) is 0 Å². The first-order valence-electron chi connectivity index (χ1n) is 9.72. The summed E-state index contributed by atoms with van der Waals surface area (Å²) in [5.74, 6) is -1.21. The molecule has 4 heterocycles. The molecule has 2 fully saturated rings. The van der Waals surface area contributed by atoms with E-state index in [0.29, 0.717) is 11.6 Å². The molecule has 2 aromatic rings. The molecule has 0 bridgehead atoms. The third-order valence-corrected chi connectivity index (χ3v) is 5.98. The maximum atomic E-state index is 12.8. The van der Waals surface area contributed by atoms with Gasteiger partial charge in [-0.2, -0.15) is 0 Å². The molecule has 1 aliphatic carbocycles. The minimum absolute atomic E-state index is 0.00708. The number of amides is 1. The number of fused-ring (bicyclic) bond motifs is 1. The van der Waals surface area contributed by atoms with Crippen LogP contribution >= 0.6 is 0 Å². The van der Waals surface area contributed by atoms with Gasteiger partial charge in [-0.1, -0.05) is 5.16 Å². The van der Waals surface area contributed by atoms with E-state index in [0.717, 1.165) is 57.0 Å². The van der Waals surface area contributed by atoms with Crippen LogP contribution in [0, 0.1) is 0 Å². The van der Waals surface area contributed by atoms with Crippen LogP contribution in [0.1, 0.15) is 47.3 Å². The van der Waals surface area contributed by atoms with Crippen molar-refractivity contribution < 1.29 is 29.1 Å². The average Bonchev–Trinajstić information content (AvgIpc) is 3.10. The van der Waals surface area contributed by atoms with Crippen LogP contribution in [0.3, 0.4) is 0 Å². The van der Waals surface area contributed by atoms with Crippen molar-refractivity contribution in [2.24, 2.45) is 0 Å². The molecule has 2 aromatic heterocycles. The van der Waals surface area contributed by atoms with Gasteiger partial charge in [0.05, 0.1) is 12.1 Å². The van der Waals surface area contributed by atoms with Crippen LogP contribution in [0.2, 0.25) is 0 Å². The van der Waals surface area contributed by atoms with E-state index in [2.05, 4.69) is 26.7 Å². The van der Waals surface area contributed by atoms with Crippen molar-refractivity contribution in [2.75, 3.05) is 20.1 Å². The highest BCUT2D eigenvalue weighted by Gasteiger charge is 2.46. The van der Waals surface area contributed by atoms with Gasteiger partial charge in [0.25, 0.3) is 5.91 Å². The van der Waals surface area contributed by atoms with E-state index < -0.39 is 11.9 Å². The van der Waals surface area contributed by atoms with Crippen molar-refractivity contribution in [3.05, 3.63) is 35.7 Å². The van der Waals surface area contributed by atoms with Crippen molar-refractivity contribution in [1.82, 2.24) is 24.5 Å². The minimum Gasteiger partial charge on any atom is -0.473 e. The molecule has 2 N–H and O–H groups in total. The van der Waals surface area contributed by atoms with Gasteiger partial charge < -0.3 is 24.2 Å². The Bertz CT molecular complexity index is 968. The first-order chi connectivity index (χ1) is 14.3. The number of rotatable bonds is 2. The number of carbonyl (C=O) groups is 3. The molecule has 1 atom stereocenters. The predicted molar refractivity (Wildman–Crippen MR) is 101 cm³/mol. The lowest BCUT2D eigenvalue weighted by Crippen LogP contribution is -2.54. The molecule has 30 heavy (non-hydrogen) atoms. The Morgan fingerprint density at radius 3 is 2.60 bits per heavy atom. The van der Waals surface area contributed by atoms with Crippen LogP contribution in [-0.2, 0) is 22.7 Å². The molecular weight excluding hydrogens is 394 g/mol. The number of imidazole rings is 1. The Kier molecular flexibility index (Phi) is 5.06. The largest absolute Gasteiger partial charge is 0.473 e. The van der Waals surface area contributed by atoms with Gasteiger partial charge in [0.2, 0.25) is 0 Å². The maximum absolute atomic E-state index is 12.8. The SMILES string of the molecule is CN1Cc2nccn2CC12CCN(C(=O)c1cc(C3CC3)on1)C2.O=C(O)C(=O)O. The van der Waals surface area contributed by atoms with Crippen LogP contribution in [0.25, 0.3) is 0 Å². The second kappa shape index (κ2) is 7.56. The van der Waals surface area contributed by atoms with Crippen LogP contribution in [0.4, 0.5) is 0 Å². The lowest BCUT2D eigenvalue weighted by atomic mass is 9.94. The zero-order valence-corrected chi connectivity index (χ0v) is 16.5. The number of likely N-dealkylation sites (N-methyl/N-ethyl adjacent to an activating group) is 1. The van der Waals surface area contributed by atoms with E-state index in [-0.39, 0.29) is 11.4 Å². The predicted octanol–water partition coefficient (Wildman–Crippen LogP) is 0.634. The number of hydrogen-bond acceptors (Lipinski definition) is 7. The molecular formula is C19H23N5O6. The van der Waals surface area contributed by atoms with E-state index in [9.17, 15) is 4.79 Å². The number of carbonyl (C=O) groups excluding carboxylic acids is 1. The molecule has 0 radical (unpaired) electrons. The lowest BCUT2D eigenvalue weighted by Gasteiger charge is -2.42. The molecule has 1 saturated heterocycles. The fourth-order valence-corrected chi connectivity index (χ4v) is 4.04. The third kappa shape index (κ3) is 3.80. The Morgan fingerprint density at radius 1 is 1.20 bits per heavy atom. The molecule has 5 rings (SSSR count). The molecule has 11 heteroatoms. The summed E-state index contributed by atoms with van der Waals surface area (Å²) in [6.07, 6.45) is 7.16. The molecule has 1 unspecified atom stereocenters. The number of carboxylic acids is 2. The smallest absolute Gasteiger partial charge is 0.414 e. The Balaban J connectivity index is 0.000000322. The van der Waals surface area contributed by atoms with Gasteiger partial charge in [-0.25, -0.2) is 14.6 Å². The van der Waals surface area contributed by atoms with Gasteiger partial charge in [-0.05, 0) is 26.3 Å². The van der Waals surface area contributed by atoms with Crippen LogP contribution in [-0.4, -0.2) is 78.2 Å². The molecule has 1 spiro atoms. The summed E-state index contributed by atoms with van der Waals surface area (Å²) < 4.78 is 7.56. The number of aromatic nitrogens is 3. The van der Waals surface area contributed by atoms with Crippen molar-refractivity contribution in [2.45, 2.75) is 43.8 Å². The van der Waals surface area contributed by atoms with Crippen molar-refractivity contribution in [1.29, 1.82) is 0 Å². The summed E-state index contributed by atoms with van der Waals surface area (Å²) in [5, 5.41) is 18.8. The summed E-state index contributed by atoms with van der Waals surface area (Å²) in [7, 11) is 2.13. The fourth-order valence-electron chi connectivity index (χ4n) is 4.04. The number of likely N-dealkylation sites (tertiary alicyclic amines) is 1. The normalized spacial score (nSPS) is 23.0. The Morgan fingerprint density at radius 2 is 1.93 bits per heavy atom. The van der Waals surface area contributed by atoms with Gasteiger partial charge in [0, 0.05) is 44.0 Å². The van der Waals surface area contributed by atoms with Crippen molar-refractivity contribution in [3.8, 4) is 0 Å². The summed E-state index contributed by atoms with van der Waals surface area (Å²) in [6, 6.07) is 1.84. The van der Waals surface area contributed by atoms with Crippen molar-refractivity contribution in [3.63, 3.8) is 0 Å². The first kappa shape index (κ1) is 20.1. The lowest BCUT2D eigenvalue weighted by molar-refractivity contribution is -0.159. The van der Waals surface area contributed by atoms with Crippen LogP contribution < -0.4 is 0 Å². The summed E-state index contributed by atoms with van der Waals surface area (Å²) in [4.78, 5) is 39.7. The molecule has 11 nitrogen and oxygen atoms in total. The van der Waals surface area contributed by atoms with E-state index in [4.69, 9.17) is 24.3 Å². The van der Waals surface area contributed by atoms with Gasteiger partial charge in [-0.3, -0.25) is 9.69 Å². The molecule has 1 saturated carbocycles. The van der Waals surface area contributed by atoms with Gasteiger partial charge in [-0.15, -0.1) is 0 Å². The Hall–Kier alpha value is -3.21. The summed E-state index contributed by atoms with van der Waals surface area (Å²) in [6.45, 7) is 3.20. The Labute approximate surface area is 171 Å². The average molecular weight is 417 g/mol. The minimum atomic E-state index is -1.82. The van der Waals surface area contributed by atoms with E-state index in [1.807, 2.05) is 23.4 Å². The molecule has 2 aliphatic heterocycles. The number of hydrogen-bond donors (Lipinski definition) is 2. The fraction of sp³-hybridized carbons (Fsp3) is 0.526. The quantitative estimate of drug-likeness (QED) is 0.673. The molecule has 3 aliphatic rings. The number of nitrogens with zero attached hydrogens (tertiary/aromatic N) is 5. The second-order valence-electron chi connectivity index (χ2n) is 8.03. The van der Waals surface area contributed by atoms with Gasteiger partial charge in [0.15, 0.2) is 5.69 Å². The standard InChI is InChI=1S/C17H21N5O2.C2H2O4/c1-20-9-15-18-5-7-21(15)10-17(20)4-6-22(11-17)16(23)13-8-14(24-19-13)12-2-3-12;3-1(4)2(5)6/h5,7-8,12H,2-4,6,9-11H2,1H3;(H,3,4)(H,5,6).